The van der Waals surface area contributed by atoms with Crippen molar-refractivity contribution in [1.29, 1.82) is 0 Å². The van der Waals surface area contributed by atoms with Gasteiger partial charge in [-0.3, -0.25) is 0 Å². The minimum Gasteiger partial charge on any atom is -0.478 e. The van der Waals surface area contributed by atoms with Gasteiger partial charge in [-0.25, -0.2) is 9.78 Å². The molecule has 0 aliphatic rings. The number of aromatic nitrogens is 1. The first-order valence-corrected chi connectivity index (χ1v) is 7.67. The Labute approximate surface area is 136 Å². The number of para-hydroxylation sites is 1. The second-order valence-corrected chi connectivity index (χ2v) is 6.15. The van der Waals surface area contributed by atoms with Crippen molar-refractivity contribution in [3.63, 3.8) is 0 Å². The molecule has 3 rings (SSSR count). The lowest BCUT2D eigenvalue weighted by molar-refractivity contribution is 0.0699. The standard InChI is InChI=1S/C18H14BrNO2/c1-10-6-7-12(8-11(10)2)16-9-14(18(21)22)13-4-3-5-15(19)17(13)20-16/h3-9H,1-2H3,(H,21,22). The van der Waals surface area contributed by atoms with Gasteiger partial charge in [-0.1, -0.05) is 24.3 Å². The number of nitrogens with zero attached hydrogens (tertiary/aromatic N) is 1. The van der Waals surface area contributed by atoms with Gasteiger partial charge in [0.15, 0.2) is 0 Å². The van der Waals surface area contributed by atoms with Gasteiger partial charge in [-0.05, 0) is 59.1 Å². The largest absolute Gasteiger partial charge is 0.478 e. The van der Waals surface area contributed by atoms with Gasteiger partial charge < -0.3 is 5.11 Å². The van der Waals surface area contributed by atoms with Crippen LogP contribution in [0.1, 0.15) is 21.5 Å². The Hall–Kier alpha value is -2.20. The van der Waals surface area contributed by atoms with Crippen LogP contribution in [0.4, 0.5) is 0 Å². The van der Waals surface area contributed by atoms with Gasteiger partial charge in [-0.2, -0.15) is 0 Å². The zero-order valence-electron chi connectivity index (χ0n) is 12.2. The first kappa shape index (κ1) is 14.7. The van der Waals surface area contributed by atoms with E-state index < -0.39 is 5.97 Å². The van der Waals surface area contributed by atoms with Crippen LogP contribution in [0.3, 0.4) is 0 Å². The molecule has 0 saturated carbocycles. The molecule has 0 fully saturated rings. The molecule has 2 aromatic carbocycles. The van der Waals surface area contributed by atoms with Crippen LogP contribution in [0.5, 0.6) is 0 Å². The van der Waals surface area contributed by atoms with Gasteiger partial charge in [0.25, 0.3) is 0 Å². The normalized spacial score (nSPS) is 10.9. The number of fused-ring (bicyclic) bond motifs is 1. The summed E-state index contributed by atoms with van der Waals surface area (Å²) < 4.78 is 0.790. The Bertz CT molecular complexity index is 903. The maximum absolute atomic E-state index is 11.6. The van der Waals surface area contributed by atoms with Crippen molar-refractivity contribution in [2.75, 3.05) is 0 Å². The highest BCUT2D eigenvalue weighted by molar-refractivity contribution is 9.10. The van der Waals surface area contributed by atoms with Gasteiger partial charge in [-0.15, -0.1) is 0 Å². The summed E-state index contributed by atoms with van der Waals surface area (Å²) >= 11 is 3.46. The number of pyridine rings is 1. The molecular formula is C18H14BrNO2. The fourth-order valence-electron chi connectivity index (χ4n) is 2.44. The zero-order chi connectivity index (χ0) is 15.9. The predicted molar refractivity (Wildman–Crippen MR) is 91.3 cm³/mol. The zero-order valence-corrected chi connectivity index (χ0v) is 13.8. The summed E-state index contributed by atoms with van der Waals surface area (Å²) in [7, 11) is 0. The van der Waals surface area contributed by atoms with Crippen LogP contribution in [-0.4, -0.2) is 16.1 Å². The highest BCUT2D eigenvalue weighted by atomic mass is 79.9. The summed E-state index contributed by atoms with van der Waals surface area (Å²) in [6, 6.07) is 13.1. The first-order valence-electron chi connectivity index (χ1n) is 6.87. The van der Waals surface area contributed by atoms with Crippen molar-refractivity contribution >= 4 is 32.8 Å². The molecule has 1 aromatic heterocycles. The number of hydrogen-bond donors (Lipinski definition) is 1. The second-order valence-electron chi connectivity index (χ2n) is 5.30. The number of aromatic carboxylic acids is 1. The molecule has 3 aromatic rings. The maximum Gasteiger partial charge on any atom is 0.336 e. The van der Waals surface area contributed by atoms with Crippen LogP contribution in [0.15, 0.2) is 46.9 Å². The van der Waals surface area contributed by atoms with E-state index in [1.54, 1.807) is 12.1 Å². The number of halogens is 1. The van der Waals surface area contributed by atoms with E-state index in [9.17, 15) is 9.90 Å². The van der Waals surface area contributed by atoms with Crippen LogP contribution in [0, 0.1) is 13.8 Å². The fraction of sp³-hybridized carbons (Fsp3) is 0.111. The quantitative estimate of drug-likeness (QED) is 0.705. The molecule has 0 bridgehead atoms. The smallest absolute Gasteiger partial charge is 0.336 e. The van der Waals surface area contributed by atoms with Crippen LogP contribution in [0.25, 0.3) is 22.2 Å². The fourth-order valence-corrected chi connectivity index (χ4v) is 2.89. The van der Waals surface area contributed by atoms with Gasteiger partial charge >= 0.3 is 5.97 Å². The lowest BCUT2D eigenvalue weighted by Crippen LogP contribution is -2.00. The number of carbonyl (C=O) groups is 1. The van der Waals surface area contributed by atoms with Gasteiger partial charge in [0.2, 0.25) is 0 Å². The molecule has 0 unspecified atom stereocenters. The van der Waals surface area contributed by atoms with E-state index in [0.29, 0.717) is 16.6 Å². The minimum atomic E-state index is -0.949. The number of aryl methyl sites for hydroxylation is 2. The van der Waals surface area contributed by atoms with Crippen LogP contribution in [0.2, 0.25) is 0 Å². The number of benzene rings is 2. The highest BCUT2D eigenvalue weighted by Gasteiger charge is 2.14. The summed E-state index contributed by atoms with van der Waals surface area (Å²) in [6.45, 7) is 4.08. The molecule has 3 nitrogen and oxygen atoms in total. The monoisotopic (exact) mass is 355 g/mol. The van der Waals surface area contributed by atoms with Gasteiger partial charge in [0, 0.05) is 15.4 Å². The van der Waals surface area contributed by atoms with E-state index in [1.165, 1.54) is 5.56 Å². The van der Waals surface area contributed by atoms with E-state index in [2.05, 4.69) is 20.9 Å². The molecule has 0 atom stereocenters. The molecule has 110 valence electrons. The van der Waals surface area contributed by atoms with Crippen molar-refractivity contribution in [2.45, 2.75) is 13.8 Å². The van der Waals surface area contributed by atoms with E-state index >= 15 is 0 Å². The molecule has 22 heavy (non-hydrogen) atoms. The minimum absolute atomic E-state index is 0.263. The third-order valence-corrected chi connectivity index (χ3v) is 4.46. The molecule has 0 aliphatic carbocycles. The lowest BCUT2D eigenvalue weighted by Gasteiger charge is -2.10. The Morgan fingerprint density at radius 1 is 1.09 bits per heavy atom. The molecular weight excluding hydrogens is 342 g/mol. The van der Waals surface area contributed by atoms with E-state index in [4.69, 9.17) is 0 Å². The topological polar surface area (TPSA) is 50.2 Å². The number of carboxylic acids is 1. The first-order chi connectivity index (χ1) is 10.5. The summed E-state index contributed by atoms with van der Waals surface area (Å²) in [6.07, 6.45) is 0. The van der Waals surface area contributed by atoms with Crippen LogP contribution < -0.4 is 0 Å². The van der Waals surface area contributed by atoms with E-state index in [0.717, 1.165) is 15.6 Å². The average Bonchev–Trinajstić information content (AvgIpc) is 2.49. The van der Waals surface area contributed by atoms with Crippen molar-refractivity contribution in [2.24, 2.45) is 0 Å². The van der Waals surface area contributed by atoms with Crippen molar-refractivity contribution in [1.82, 2.24) is 4.98 Å². The predicted octanol–water partition coefficient (Wildman–Crippen LogP) is 4.98. The number of carboxylic acid groups (broad SMARTS) is 1. The Kier molecular flexibility index (Phi) is 3.71. The Morgan fingerprint density at radius 3 is 2.55 bits per heavy atom. The van der Waals surface area contributed by atoms with E-state index in [-0.39, 0.29) is 5.56 Å². The second kappa shape index (κ2) is 5.54. The summed E-state index contributed by atoms with van der Waals surface area (Å²) in [5, 5.41) is 10.1. The number of rotatable bonds is 2. The Balaban J connectivity index is 2.33. The van der Waals surface area contributed by atoms with E-state index in [1.807, 2.05) is 44.2 Å². The molecule has 0 radical (unpaired) electrons. The summed E-state index contributed by atoms with van der Waals surface area (Å²) in [4.78, 5) is 16.2. The molecule has 0 spiro atoms. The van der Waals surface area contributed by atoms with Crippen molar-refractivity contribution in [3.05, 3.63) is 63.6 Å². The maximum atomic E-state index is 11.6. The molecule has 1 heterocycles. The third-order valence-electron chi connectivity index (χ3n) is 3.82. The van der Waals surface area contributed by atoms with Crippen molar-refractivity contribution < 1.29 is 9.90 Å². The number of hydrogen-bond acceptors (Lipinski definition) is 2. The van der Waals surface area contributed by atoms with Crippen LogP contribution in [-0.2, 0) is 0 Å². The molecule has 0 saturated heterocycles. The lowest BCUT2D eigenvalue weighted by atomic mass is 10.0. The summed E-state index contributed by atoms with van der Waals surface area (Å²) in [5.74, 6) is -0.949. The van der Waals surface area contributed by atoms with Crippen LogP contribution >= 0.6 is 15.9 Å². The Morgan fingerprint density at radius 2 is 1.86 bits per heavy atom. The molecule has 1 N–H and O–H groups in total. The van der Waals surface area contributed by atoms with Gasteiger partial charge in [0.05, 0.1) is 16.8 Å². The molecule has 0 amide bonds. The highest BCUT2D eigenvalue weighted by Crippen LogP contribution is 2.30. The average molecular weight is 356 g/mol. The SMILES string of the molecule is Cc1ccc(-c2cc(C(=O)O)c3cccc(Br)c3n2)cc1C. The molecule has 4 heteroatoms. The molecule has 0 aliphatic heterocycles. The van der Waals surface area contributed by atoms with Crippen molar-refractivity contribution in [3.8, 4) is 11.3 Å². The van der Waals surface area contributed by atoms with Gasteiger partial charge in [0.1, 0.15) is 0 Å². The third kappa shape index (κ3) is 2.50. The summed E-state index contributed by atoms with van der Waals surface area (Å²) in [5.41, 5.74) is 4.87.